The predicted molar refractivity (Wildman–Crippen MR) is 86.6 cm³/mol. The quantitative estimate of drug-likeness (QED) is 0.631. The first kappa shape index (κ1) is 13.5. The third-order valence-corrected chi connectivity index (χ3v) is 3.61. The fourth-order valence-corrected chi connectivity index (χ4v) is 2.54. The number of hydrogen-bond acceptors (Lipinski definition) is 4. The van der Waals surface area contributed by atoms with Crippen molar-refractivity contribution in [1.29, 1.82) is 0 Å². The van der Waals surface area contributed by atoms with Gasteiger partial charge in [0, 0.05) is 5.39 Å². The van der Waals surface area contributed by atoms with Gasteiger partial charge in [0.2, 0.25) is 0 Å². The predicted octanol–water partition coefficient (Wildman–Crippen LogP) is 2.46. The molecule has 0 atom stereocenters. The van der Waals surface area contributed by atoms with E-state index in [2.05, 4.69) is 15.1 Å². The average molecular weight is 306 g/mol. The van der Waals surface area contributed by atoms with Crippen molar-refractivity contribution in [2.24, 2.45) is 0 Å². The summed E-state index contributed by atoms with van der Waals surface area (Å²) >= 11 is 0. The van der Waals surface area contributed by atoms with Crippen LogP contribution in [0.15, 0.2) is 53.3 Å². The second kappa shape index (κ2) is 5.24. The van der Waals surface area contributed by atoms with Crippen molar-refractivity contribution in [2.45, 2.75) is 13.5 Å². The molecule has 0 bridgehead atoms. The van der Waals surface area contributed by atoms with Crippen molar-refractivity contribution in [3.63, 3.8) is 0 Å². The lowest BCUT2D eigenvalue weighted by atomic mass is 10.2. The molecule has 6 heteroatoms. The van der Waals surface area contributed by atoms with Crippen LogP contribution in [0.3, 0.4) is 0 Å². The van der Waals surface area contributed by atoms with Gasteiger partial charge in [-0.05, 0) is 36.8 Å². The first-order valence-corrected chi connectivity index (χ1v) is 7.27. The Morgan fingerprint density at radius 2 is 2.04 bits per heavy atom. The van der Waals surface area contributed by atoms with E-state index in [1.165, 1.54) is 4.52 Å². The summed E-state index contributed by atoms with van der Waals surface area (Å²) in [7, 11) is 0. The van der Waals surface area contributed by atoms with Crippen LogP contribution in [0.2, 0.25) is 0 Å². The van der Waals surface area contributed by atoms with Gasteiger partial charge in [0.05, 0.1) is 5.52 Å². The van der Waals surface area contributed by atoms with Crippen LogP contribution in [0.5, 0.6) is 5.75 Å². The maximum absolute atomic E-state index is 12.1. The fraction of sp³-hybridized carbons (Fsp3) is 0.118. The highest BCUT2D eigenvalue weighted by Crippen LogP contribution is 2.16. The number of aryl methyl sites for hydroxylation is 1. The lowest BCUT2D eigenvalue weighted by Gasteiger charge is -2.03. The van der Waals surface area contributed by atoms with Crippen molar-refractivity contribution in [1.82, 2.24) is 19.6 Å². The monoisotopic (exact) mass is 306 g/mol. The van der Waals surface area contributed by atoms with Gasteiger partial charge in [-0.1, -0.05) is 24.3 Å². The molecule has 4 aromatic rings. The van der Waals surface area contributed by atoms with Crippen LogP contribution >= 0.6 is 0 Å². The van der Waals surface area contributed by atoms with Gasteiger partial charge in [0.25, 0.3) is 0 Å². The number of nitrogens with zero attached hydrogens (tertiary/aromatic N) is 3. The van der Waals surface area contributed by atoms with E-state index in [4.69, 9.17) is 4.74 Å². The molecule has 2 aromatic heterocycles. The number of rotatable bonds is 3. The molecule has 1 N–H and O–H groups in total. The third-order valence-electron chi connectivity index (χ3n) is 3.61. The van der Waals surface area contributed by atoms with Gasteiger partial charge < -0.3 is 9.72 Å². The number of para-hydroxylation sites is 1. The Bertz CT molecular complexity index is 1070. The Morgan fingerprint density at radius 3 is 2.91 bits per heavy atom. The van der Waals surface area contributed by atoms with E-state index in [0.717, 1.165) is 22.2 Å². The van der Waals surface area contributed by atoms with E-state index in [-0.39, 0.29) is 12.3 Å². The summed E-state index contributed by atoms with van der Waals surface area (Å²) in [4.78, 5) is 19.3. The smallest absolute Gasteiger partial charge is 0.348 e. The maximum Gasteiger partial charge on any atom is 0.348 e. The molecule has 2 heterocycles. The van der Waals surface area contributed by atoms with Gasteiger partial charge in [-0.15, -0.1) is 5.10 Å². The molecule has 0 unspecified atom stereocenters. The first-order valence-electron chi connectivity index (χ1n) is 7.27. The Hall–Kier alpha value is -3.15. The molecule has 6 nitrogen and oxygen atoms in total. The number of ether oxygens (including phenoxy) is 1. The molecule has 4 rings (SSSR count). The minimum atomic E-state index is -0.312. The number of hydrogen-bond donors (Lipinski definition) is 1. The average Bonchev–Trinajstić information content (AvgIpc) is 2.98. The summed E-state index contributed by atoms with van der Waals surface area (Å²) in [5.74, 6) is 1.22. The molecule has 0 aliphatic rings. The Labute approximate surface area is 131 Å². The highest BCUT2D eigenvalue weighted by Gasteiger charge is 2.11. The van der Waals surface area contributed by atoms with Crippen LogP contribution in [-0.2, 0) is 6.61 Å². The molecule has 0 saturated heterocycles. The van der Waals surface area contributed by atoms with Crippen LogP contribution in [0, 0.1) is 6.92 Å². The Morgan fingerprint density at radius 1 is 1.17 bits per heavy atom. The topological polar surface area (TPSA) is 72.3 Å². The standard InChI is InChI=1S/C17H14N4O2/c1-11-5-4-6-12(9-11)23-10-15-19-16-13-7-2-3-8-14(13)18-17(22)21(16)20-15/h2-9H,10H2,1H3,(H,18,22). The van der Waals surface area contributed by atoms with E-state index in [1.54, 1.807) is 0 Å². The zero-order valence-corrected chi connectivity index (χ0v) is 12.5. The molecule has 23 heavy (non-hydrogen) atoms. The lowest BCUT2D eigenvalue weighted by Crippen LogP contribution is -2.17. The van der Waals surface area contributed by atoms with Crippen molar-refractivity contribution in [2.75, 3.05) is 0 Å². The minimum absolute atomic E-state index is 0.207. The summed E-state index contributed by atoms with van der Waals surface area (Å²) in [5, 5.41) is 5.09. The molecule has 0 fully saturated rings. The third kappa shape index (κ3) is 2.44. The van der Waals surface area contributed by atoms with Crippen molar-refractivity contribution < 1.29 is 4.74 Å². The Kier molecular flexibility index (Phi) is 3.08. The van der Waals surface area contributed by atoms with Crippen molar-refractivity contribution in [3.05, 3.63) is 70.4 Å². The summed E-state index contributed by atoms with van der Waals surface area (Å²) in [6.07, 6.45) is 0. The molecule has 0 spiro atoms. The Balaban J connectivity index is 1.73. The number of H-pyrrole nitrogens is 1. The zero-order valence-electron chi connectivity index (χ0n) is 12.5. The molecule has 0 aliphatic heterocycles. The maximum atomic E-state index is 12.1. The number of nitrogens with one attached hydrogen (secondary N) is 1. The van der Waals surface area contributed by atoms with Gasteiger partial charge in [-0.25, -0.2) is 9.78 Å². The largest absolute Gasteiger partial charge is 0.486 e. The molecular weight excluding hydrogens is 292 g/mol. The molecule has 0 radical (unpaired) electrons. The summed E-state index contributed by atoms with van der Waals surface area (Å²) in [6.45, 7) is 2.21. The van der Waals surface area contributed by atoms with E-state index >= 15 is 0 Å². The lowest BCUT2D eigenvalue weighted by molar-refractivity contribution is 0.296. The van der Waals surface area contributed by atoms with Crippen LogP contribution in [-0.4, -0.2) is 19.6 Å². The van der Waals surface area contributed by atoms with E-state index in [1.807, 2.05) is 55.5 Å². The van der Waals surface area contributed by atoms with E-state index in [9.17, 15) is 4.79 Å². The summed E-state index contributed by atoms with van der Waals surface area (Å²) in [6, 6.07) is 15.3. The molecule has 2 aromatic carbocycles. The first-order chi connectivity index (χ1) is 11.2. The molecule has 0 saturated carbocycles. The normalized spacial score (nSPS) is 11.2. The van der Waals surface area contributed by atoms with Crippen molar-refractivity contribution >= 4 is 16.6 Å². The number of aromatic nitrogens is 4. The van der Waals surface area contributed by atoms with Crippen LogP contribution in [0.4, 0.5) is 0 Å². The van der Waals surface area contributed by atoms with E-state index < -0.39 is 0 Å². The van der Waals surface area contributed by atoms with Crippen LogP contribution < -0.4 is 10.4 Å². The molecule has 114 valence electrons. The second-order valence-electron chi connectivity index (χ2n) is 5.34. The van der Waals surface area contributed by atoms with Gasteiger partial charge in [-0.3, -0.25) is 0 Å². The van der Waals surface area contributed by atoms with Gasteiger partial charge in [-0.2, -0.15) is 4.52 Å². The van der Waals surface area contributed by atoms with Gasteiger partial charge in [0.1, 0.15) is 12.4 Å². The van der Waals surface area contributed by atoms with Crippen molar-refractivity contribution in [3.8, 4) is 5.75 Å². The fourth-order valence-electron chi connectivity index (χ4n) is 2.54. The van der Waals surface area contributed by atoms with Gasteiger partial charge in [0.15, 0.2) is 11.5 Å². The summed E-state index contributed by atoms with van der Waals surface area (Å²) in [5.41, 5.74) is 2.08. The number of benzene rings is 2. The van der Waals surface area contributed by atoms with Crippen LogP contribution in [0.25, 0.3) is 16.6 Å². The zero-order chi connectivity index (χ0) is 15.8. The van der Waals surface area contributed by atoms with Crippen LogP contribution in [0.1, 0.15) is 11.4 Å². The summed E-state index contributed by atoms with van der Waals surface area (Å²) < 4.78 is 6.98. The SMILES string of the molecule is Cc1cccc(OCc2nc3c4ccccc4[nH]c(=O)n3n2)c1. The number of aromatic amines is 1. The number of fused-ring (bicyclic) bond motifs is 3. The molecule has 0 amide bonds. The molecular formula is C17H14N4O2. The highest BCUT2D eigenvalue weighted by molar-refractivity contribution is 5.90. The minimum Gasteiger partial charge on any atom is -0.486 e. The highest BCUT2D eigenvalue weighted by atomic mass is 16.5. The van der Waals surface area contributed by atoms with Gasteiger partial charge >= 0.3 is 5.69 Å². The van der Waals surface area contributed by atoms with E-state index in [0.29, 0.717) is 11.5 Å². The second-order valence-corrected chi connectivity index (χ2v) is 5.34. The molecule has 0 aliphatic carbocycles.